The lowest BCUT2D eigenvalue weighted by atomic mass is 10.1. The van der Waals surface area contributed by atoms with Gasteiger partial charge in [0, 0.05) is 18.5 Å². The SMILES string of the molecule is CCC(O)c1cc2n(n1)CCCN(C(=O)c1cccc3cc(C)oc13)C2. The molecule has 2 aromatic heterocycles. The van der Waals surface area contributed by atoms with Gasteiger partial charge in [-0.15, -0.1) is 0 Å². The number of rotatable bonds is 3. The van der Waals surface area contributed by atoms with Crippen LogP contribution < -0.4 is 0 Å². The predicted molar refractivity (Wildman–Crippen MR) is 97.8 cm³/mol. The largest absolute Gasteiger partial charge is 0.461 e. The molecular formula is C20H23N3O3. The van der Waals surface area contributed by atoms with Crippen LogP contribution in [0.15, 0.2) is 34.7 Å². The number of benzene rings is 1. The maximum Gasteiger partial charge on any atom is 0.258 e. The maximum absolute atomic E-state index is 13.2. The van der Waals surface area contributed by atoms with Crippen LogP contribution in [0.25, 0.3) is 11.0 Å². The van der Waals surface area contributed by atoms with Crippen LogP contribution in [0.5, 0.6) is 0 Å². The van der Waals surface area contributed by atoms with Gasteiger partial charge in [0.05, 0.1) is 29.6 Å². The van der Waals surface area contributed by atoms with Gasteiger partial charge in [0.25, 0.3) is 5.91 Å². The van der Waals surface area contributed by atoms with Gasteiger partial charge in [0.15, 0.2) is 0 Å². The minimum atomic E-state index is -0.557. The van der Waals surface area contributed by atoms with E-state index in [0.717, 1.165) is 29.8 Å². The summed E-state index contributed by atoms with van der Waals surface area (Å²) in [6.07, 6.45) is 0.896. The van der Waals surface area contributed by atoms with Gasteiger partial charge >= 0.3 is 0 Å². The van der Waals surface area contributed by atoms with Crippen molar-refractivity contribution in [1.82, 2.24) is 14.7 Å². The van der Waals surface area contributed by atoms with Gasteiger partial charge in [0.2, 0.25) is 0 Å². The first-order valence-electron chi connectivity index (χ1n) is 9.10. The quantitative estimate of drug-likeness (QED) is 0.783. The van der Waals surface area contributed by atoms with Crippen LogP contribution in [0.4, 0.5) is 0 Å². The number of aromatic nitrogens is 2. The number of fused-ring (bicyclic) bond motifs is 2. The highest BCUT2D eigenvalue weighted by molar-refractivity contribution is 6.05. The molecule has 0 radical (unpaired) electrons. The van der Waals surface area contributed by atoms with Gasteiger partial charge in [-0.2, -0.15) is 5.10 Å². The van der Waals surface area contributed by atoms with Crippen LogP contribution in [0.1, 0.15) is 53.4 Å². The zero-order valence-electron chi connectivity index (χ0n) is 15.1. The second-order valence-corrected chi connectivity index (χ2v) is 6.87. The first kappa shape index (κ1) is 16.8. The molecule has 3 aromatic rings. The Morgan fingerprint density at radius 2 is 2.19 bits per heavy atom. The molecule has 26 heavy (non-hydrogen) atoms. The van der Waals surface area contributed by atoms with Gasteiger partial charge in [-0.25, -0.2) is 0 Å². The molecule has 0 saturated heterocycles. The number of hydrogen-bond acceptors (Lipinski definition) is 4. The summed E-state index contributed by atoms with van der Waals surface area (Å²) < 4.78 is 7.68. The molecule has 0 spiro atoms. The number of hydrogen-bond donors (Lipinski definition) is 1. The van der Waals surface area contributed by atoms with Gasteiger partial charge in [-0.3, -0.25) is 9.48 Å². The Bertz CT molecular complexity index is 957. The van der Waals surface area contributed by atoms with Crippen molar-refractivity contribution in [3.63, 3.8) is 0 Å². The third-order valence-electron chi connectivity index (χ3n) is 4.95. The number of aliphatic hydroxyl groups is 1. The summed E-state index contributed by atoms with van der Waals surface area (Å²) in [6.45, 7) is 5.72. The fraction of sp³-hybridized carbons (Fsp3) is 0.400. The molecule has 1 aliphatic rings. The van der Waals surface area contributed by atoms with Crippen LogP contribution in [-0.2, 0) is 13.1 Å². The molecule has 6 nitrogen and oxygen atoms in total. The Kier molecular flexibility index (Phi) is 4.28. The second-order valence-electron chi connectivity index (χ2n) is 6.87. The Morgan fingerprint density at radius 1 is 1.35 bits per heavy atom. The molecule has 3 heterocycles. The zero-order valence-corrected chi connectivity index (χ0v) is 15.1. The molecule has 0 bridgehead atoms. The van der Waals surface area contributed by atoms with E-state index in [1.807, 2.05) is 53.8 Å². The molecule has 136 valence electrons. The van der Waals surface area contributed by atoms with Crippen molar-refractivity contribution < 1.29 is 14.3 Å². The van der Waals surface area contributed by atoms with E-state index >= 15 is 0 Å². The Balaban J connectivity index is 1.65. The number of furan rings is 1. The summed E-state index contributed by atoms with van der Waals surface area (Å²) in [6, 6.07) is 9.53. The summed E-state index contributed by atoms with van der Waals surface area (Å²) in [7, 11) is 0. The molecule has 1 amide bonds. The Labute approximate surface area is 152 Å². The lowest BCUT2D eigenvalue weighted by Gasteiger charge is -2.20. The monoisotopic (exact) mass is 353 g/mol. The van der Waals surface area contributed by atoms with E-state index in [0.29, 0.717) is 36.4 Å². The molecular weight excluding hydrogens is 330 g/mol. The lowest BCUT2D eigenvalue weighted by Crippen LogP contribution is -2.30. The summed E-state index contributed by atoms with van der Waals surface area (Å²) in [5.41, 5.74) is 2.88. The number of nitrogens with zero attached hydrogens (tertiary/aromatic N) is 3. The van der Waals surface area contributed by atoms with Crippen molar-refractivity contribution in [1.29, 1.82) is 0 Å². The van der Waals surface area contributed by atoms with Crippen LogP contribution >= 0.6 is 0 Å². The van der Waals surface area contributed by atoms with E-state index in [1.165, 1.54) is 0 Å². The fourth-order valence-electron chi connectivity index (χ4n) is 3.56. The maximum atomic E-state index is 13.2. The molecule has 1 unspecified atom stereocenters. The summed E-state index contributed by atoms with van der Waals surface area (Å²) in [5, 5.41) is 15.5. The molecule has 1 atom stereocenters. The average Bonchev–Trinajstić information content (AvgIpc) is 3.16. The van der Waals surface area contributed by atoms with Gasteiger partial charge in [-0.05, 0) is 38.0 Å². The Hall–Kier alpha value is -2.60. The van der Waals surface area contributed by atoms with E-state index in [-0.39, 0.29) is 5.91 Å². The van der Waals surface area contributed by atoms with E-state index in [1.54, 1.807) is 0 Å². The van der Waals surface area contributed by atoms with Crippen molar-refractivity contribution in [2.24, 2.45) is 0 Å². The van der Waals surface area contributed by atoms with E-state index in [2.05, 4.69) is 5.10 Å². The second kappa shape index (κ2) is 6.61. The molecule has 0 saturated carbocycles. The number of carbonyl (C=O) groups is 1. The number of amides is 1. The first-order chi connectivity index (χ1) is 12.6. The van der Waals surface area contributed by atoms with Gasteiger partial charge < -0.3 is 14.4 Å². The highest BCUT2D eigenvalue weighted by Gasteiger charge is 2.25. The van der Waals surface area contributed by atoms with Crippen molar-refractivity contribution in [3.05, 3.63) is 53.0 Å². The van der Waals surface area contributed by atoms with Crippen LogP contribution in [-0.4, -0.2) is 32.2 Å². The van der Waals surface area contributed by atoms with Crippen LogP contribution in [0.3, 0.4) is 0 Å². The zero-order chi connectivity index (χ0) is 18.3. The molecule has 1 N–H and O–H groups in total. The smallest absolute Gasteiger partial charge is 0.258 e. The molecule has 4 rings (SSSR count). The number of aliphatic hydroxyl groups excluding tert-OH is 1. The molecule has 1 aliphatic heterocycles. The number of aryl methyl sites for hydroxylation is 2. The number of carbonyl (C=O) groups excluding carboxylic acids is 1. The third-order valence-corrected chi connectivity index (χ3v) is 4.95. The van der Waals surface area contributed by atoms with E-state index < -0.39 is 6.10 Å². The average molecular weight is 353 g/mol. The molecule has 0 aliphatic carbocycles. The summed E-state index contributed by atoms with van der Waals surface area (Å²) in [5.74, 6) is 0.768. The van der Waals surface area contributed by atoms with Gasteiger partial charge in [-0.1, -0.05) is 19.1 Å². The van der Waals surface area contributed by atoms with Crippen molar-refractivity contribution in [2.45, 2.75) is 45.9 Å². The minimum absolute atomic E-state index is 0.0304. The lowest BCUT2D eigenvalue weighted by molar-refractivity contribution is 0.0746. The minimum Gasteiger partial charge on any atom is -0.461 e. The first-order valence-corrected chi connectivity index (χ1v) is 9.10. The van der Waals surface area contributed by atoms with E-state index in [4.69, 9.17) is 4.42 Å². The molecule has 1 aromatic carbocycles. The van der Waals surface area contributed by atoms with Crippen molar-refractivity contribution in [3.8, 4) is 0 Å². The predicted octanol–water partition coefficient (Wildman–Crippen LogP) is 3.43. The van der Waals surface area contributed by atoms with Crippen LogP contribution in [0.2, 0.25) is 0 Å². The Morgan fingerprint density at radius 3 is 3.00 bits per heavy atom. The van der Waals surface area contributed by atoms with Crippen molar-refractivity contribution >= 4 is 16.9 Å². The normalized spacial score (nSPS) is 15.7. The fourth-order valence-corrected chi connectivity index (χ4v) is 3.56. The van der Waals surface area contributed by atoms with E-state index in [9.17, 15) is 9.90 Å². The van der Waals surface area contributed by atoms with Gasteiger partial charge in [0.1, 0.15) is 11.3 Å². The van der Waals surface area contributed by atoms with Crippen molar-refractivity contribution in [2.75, 3.05) is 6.54 Å². The highest BCUT2D eigenvalue weighted by Crippen LogP contribution is 2.26. The highest BCUT2D eigenvalue weighted by atomic mass is 16.3. The standard InChI is InChI=1S/C20H23N3O3/c1-3-18(24)17-11-15-12-22(8-5-9-23(15)21-17)20(25)16-7-4-6-14-10-13(2)26-19(14)16/h4,6-7,10-11,18,24H,3,5,8-9,12H2,1-2H3. The number of para-hydroxylation sites is 1. The third kappa shape index (κ3) is 2.90. The molecule has 0 fully saturated rings. The molecule has 6 heteroatoms. The van der Waals surface area contributed by atoms with Crippen LogP contribution in [0, 0.1) is 6.92 Å². The summed E-state index contributed by atoms with van der Waals surface area (Å²) in [4.78, 5) is 15.0. The summed E-state index contributed by atoms with van der Waals surface area (Å²) >= 11 is 0. The topological polar surface area (TPSA) is 71.5 Å².